The van der Waals surface area contributed by atoms with E-state index >= 15 is 0 Å². The van der Waals surface area contributed by atoms with Gasteiger partial charge in [0.05, 0.1) is 6.61 Å². The van der Waals surface area contributed by atoms with Crippen molar-refractivity contribution in [2.75, 3.05) is 37.7 Å². The van der Waals surface area contributed by atoms with Gasteiger partial charge in [0.2, 0.25) is 5.91 Å². The van der Waals surface area contributed by atoms with Crippen molar-refractivity contribution in [2.45, 2.75) is 6.92 Å². The van der Waals surface area contributed by atoms with Gasteiger partial charge in [0.15, 0.2) is 0 Å². The quantitative estimate of drug-likeness (QED) is 0.760. The van der Waals surface area contributed by atoms with Crippen LogP contribution in [-0.4, -0.2) is 54.6 Å². The van der Waals surface area contributed by atoms with Crippen LogP contribution in [0.1, 0.15) is 6.92 Å². The summed E-state index contributed by atoms with van der Waals surface area (Å²) in [6, 6.07) is 0. The number of thioether (sulfide) groups is 1. The Bertz CT molecular complexity index is 229. The Balaban J connectivity index is 2.19. The van der Waals surface area contributed by atoms with Gasteiger partial charge in [-0.2, -0.15) is 11.8 Å². The molecule has 5 nitrogen and oxygen atoms in total. The number of ether oxygens (including phenoxy) is 1. The number of nitrogens with zero attached hydrogens (tertiary/aromatic N) is 1. The molecule has 1 aliphatic heterocycles. The fourth-order valence-electron chi connectivity index (χ4n) is 1.25. The minimum atomic E-state index is -0.530. The van der Waals surface area contributed by atoms with E-state index in [4.69, 9.17) is 0 Å². The lowest BCUT2D eigenvalue weighted by molar-refractivity contribution is -0.129. The van der Waals surface area contributed by atoms with Gasteiger partial charge in [-0.3, -0.25) is 4.79 Å². The van der Waals surface area contributed by atoms with E-state index in [-0.39, 0.29) is 12.5 Å². The summed E-state index contributed by atoms with van der Waals surface area (Å²) in [7, 11) is 0. The summed E-state index contributed by atoms with van der Waals surface area (Å²) in [5, 5.41) is 2.42. The first-order valence-corrected chi connectivity index (χ1v) is 6.15. The van der Waals surface area contributed by atoms with E-state index in [0.717, 1.165) is 24.6 Å². The first-order valence-electron chi connectivity index (χ1n) is 5.00. The van der Waals surface area contributed by atoms with Gasteiger partial charge >= 0.3 is 6.09 Å². The lowest BCUT2D eigenvalue weighted by Crippen LogP contribution is -2.44. The average molecular weight is 232 g/mol. The Morgan fingerprint density at radius 3 is 2.67 bits per heavy atom. The van der Waals surface area contributed by atoms with Crippen molar-refractivity contribution in [3.05, 3.63) is 0 Å². The monoisotopic (exact) mass is 232 g/mol. The molecule has 1 fully saturated rings. The summed E-state index contributed by atoms with van der Waals surface area (Å²) in [4.78, 5) is 24.2. The highest BCUT2D eigenvalue weighted by Gasteiger charge is 2.16. The molecule has 1 heterocycles. The van der Waals surface area contributed by atoms with Crippen molar-refractivity contribution in [2.24, 2.45) is 0 Å². The van der Waals surface area contributed by atoms with Crippen molar-refractivity contribution in [3.8, 4) is 0 Å². The average Bonchev–Trinajstić information content (AvgIpc) is 2.27. The molecule has 1 rings (SSSR count). The maximum Gasteiger partial charge on any atom is 0.407 e. The third-order valence-corrected chi connectivity index (χ3v) is 2.97. The highest BCUT2D eigenvalue weighted by molar-refractivity contribution is 7.99. The van der Waals surface area contributed by atoms with E-state index in [1.165, 1.54) is 0 Å². The van der Waals surface area contributed by atoms with Crippen molar-refractivity contribution in [3.63, 3.8) is 0 Å². The van der Waals surface area contributed by atoms with Gasteiger partial charge in [-0.15, -0.1) is 0 Å². The Kier molecular flexibility index (Phi) is 5.31. The molecule has 0 radical (unpaired) electrons. The third-order valence-electron chi connectivity index (χ3n) is 2.02. The maximum atomic E-state index is 11.6. The van der Waals surface area contributed by atoms with Gasteiger partial charge in [-0.25, -0.2) is 4.79 Å². The van der Waals surface area contributed by atoms with Crippen LogP contribution in [0, 0.1) is 0 Å². The molecule has 2 amide bonds. The van der Waals surface area contributed by atoms with Gasteiger partial charge in [0.1, 0.15) is 6.54 Å². The number of carbonyl (C=O) groups is 2. The highest BCUT2D eigenvalue weighted by atomic mass is 32.2. The first-order chi connectivity index (χ1) is 7.24. The van der Waals surface area contributed by atoms with E-state index in [1.54, 1.807) is 11.8 Å². The number of carbonyl (C=O) groups excluding carboxylic acids is 2. The molecule has 0 aromatic heterocycles. The van der Waals surface area contributed by atoms with Crippen LogP contribution in [0.2, 0.25) is 0 Å². The summed E-state index contributed by atoms with van der Waals surface area (Å²) < 4.78 is 4.65. The normalized spacial score (nSPS) is 15.9. The van der Waals surface area contributed by atoms with Crippen LogP contribution in [0.15, 0.2) is 0 Å². The van der Waals surface area contributed by atoms with E-state index in [9.17, 15) is 9.59 Å². The van der Waals surface area contributed by atoms with Crippen LogP contribution in [0.3, 0.4) is 0 Å². The summed E-state index contributed by atoms with van der Waals surface area (Å²) in [6.07, 6.45) is -0.530. The summed E-state index contributed by atoms with van der Waals surface area (Å²) in [6.45, 7) is 3.62. The SMILES string of the molecule is CCOC(=O)NCC(=O)N1CCSCC1. The van der Waals surface area contributed by atoms with Gasteiger partial charge in [-0.1, -0.05) is 0 Å². The third kappa shape index (κ3) is 4.42. The zero-order chi connectivity index (χ0) is 11.1. The molecular weight excluding hydrogens is 216 g/mol. The smallest absolute Gasteiger partial charge is 0.407 e. The Morgan fingerprint density at radius 1 is 1.40 bits per heavy atom. The predicted molar refractivity (Wildman–Crippen MR) is 58.9 cm³/mol. The fourth-order valence-corrected chi connectivity index (χ4v) is 2.16. The highest BCUT2D eigenvalue weighted by Crippen LogP contribution is 2.08. The number of hydrogen-bond donors (Lipinski definition) is 1. The summed E-state index contributed by atoms with van der Waals surface area (Å²) in [5.74, 6) is 1.92. The van der Waals surface area contributed by atoms with Crippen LogP contribution in [0.5, 0.6) is 0 Å². The molecule has 0 aromatic rings. The fraction of sp³-hybridized carbons (Fsp3) is 0.778. The first kappa shape index (κ1) is 12.2. The molecule has 1 N–H and O–H groups in total. The molecule has 0 aromatic carbocycles. The minimum Gasteiger partial charge on any atom is -0.450 e. The molecule has 0 bridgehead atoms. The van der Waals surface area contributed by atoms with Crippen molar-refractivity contribution < 1.29 is 14.3 Å². The molecule has 6 heteroatoms. The Hall–Kier alpha value is -0.910. The number of rotatable bonds is 3. The molecular formula is C9H16N2O3S. The summed E-state index contributed by atoms with van der Waals surface area (Å²) in [5.41, 5.74) is 0. The lowest BCUT2D eigenvalue weighted by Gasteiger charge is -2.26. The molecule has 1 saturated heterocycles. The molecule has 0 spiro atoms. The number of nitrogens with one attached hydrogen (secondary N) is 1. The zero-order valence-corrected chi connectivity index (χ0v) is 9.64. The topological polar surface area (TPSA) is 58.6 Å². The molecule has 0 unspecified atom stereocenters. The van der Waals surface area contributed by atoms with E-state index in [2.05, 4.69) is 10.1 Å². The Labute approximate surface area is 93.5 Å². The standard InChI is InChI=1S/C9H16N2O3S/c1-2-14-9(13)10-7-8(12)11-3-5-15-6-4-11/h2-7H2,1H3,(H,10,13). The maximum absolute atomic E-state index is 11.6. The van der Waals surface area contributed by atoms with Crippen LogP contribution in [0.25, 0.3) is 0 Å². The van der Waals surface area contributed by atoms with Crippen molar-refractivity contribution in [1.29, 1.82) is 0 Å². The predicted octanol–water partition coefficient (Wildman–Crippen LogP) is 0.308. The summed E-state index contributed by atoms with van der Waals surface area (Å²) >= 11 is 1.84. The number of alkyl carbamates (subject to hydrolysis) is 1. The second-order valence-electron chi connectivity index (χ2n) is 3.07. The molecule has 0 atom stereocenters. The number of amides is 2. The van der Waals surface area contributed by atoms with Crippen molar-refractivity contribution >= 4 is 23.8 Å². The van der Waals surface area contributed by atoms with E-state index in [1.807, 2.05) is 11.8 Å². The van der Waals surface area contributed by atoms with E-state index in [0.29, 0.717) is 6.61 Å². The largest absolute Gasteiger partial charge is 0.450 e. The van der Waals surface area contributed by atoms with Gasteiger partial charge in [0, 0.05) is 24.6 Å². The van der Waals surface area contributed by atoms with Crippen LogP contribution >= 0.6 is 11.8 Å². The van der Waals surface area contributed by atoms with Gasteiger partial charge < -0.3 is 15.0 Å². The van der Waals surface area contributed by atoms with E-state index < -0.39 is 6.09 Å². The Morgan fingerprint density at radius 2 is 2.07 bits per heavy atom. The van der Waals surface area contributed by atoms with Crippen LogP contribution in [0.4, 0.5) is 4.79 Å². The zero-order valence-electron chi connectivity index (χ0n) is 8.82. The van der Waals surface area contributed by atoms with Gasteiger partial charge in [-0.05, 0) is 6.92 Å². The molecule has 86 valence electrons. The minimum absolute atomic E-state index is 0.0312. The molecule has 0 aliphatic carbocycles. The van der Waals surface area contributed by atoms with Crippen LogP contribution < -0.4 is 5.32 Å². The van der Waals surface area contributed by atoms with Crippen molar-refractivity contribution in [1.82, 2.24) is 10.2 Å². The molecule has 1 aliphatic rings. The molecule has 0 saturated carbocycles. The lowest BCUT2D eigenvalue weighted by atomic mass is 10.4. The molecule has 15 heavy (non-hydrogen) atoms. The van der Waals surface area contributed by atoms with Gasteiger partial charge in [0.25, 0.3) is 0 Å². The second-order valence-corrected chi connectivity index (χ2v) is 4.29. The second kappa shape index (κ2) is 6.55. The number of hydrogen-bond acceptors (Lipinski definition) is 4. The van der Waals surface area contributed by atoms with Crippen LogP contribution in [-0.2, 0) is 9.53 Å².